The Kier molecular flexibility index (Phi) is 3.50. The Morgan fingerprint density at radius 3 is 3.00 bits per heavy atom. The van der Waals surface area contributed by atoms with Crippen LogP contribution in [-0.2, 0) is 6.42 Å². The molecule has 1 heterocycles. The van der Waals surface area contributed by atoms with Crippen LogP contribution >= 0.6 is 23.6 Å². The second kappa shape index (κ2) is 4.43. The van der Waals surface area contributed by atoms with E-state index < -0.39 is 0 Å². The predicted octanol–water partition coefficient (Wildman–Crippen LogP) is 1.39. The molecule has 0 saturated carbocycles. The molecule has 0 aromatic carbocycles. The van der Waals surface area contributed by atoms with Crippen LogP contribution in [0.1, 0.15) is 15.4 Å². The summed E-state index contributed by atoms with van der Waals surface area (Å²) >= 11 is 6.20. The Morgan fingerprint density at radius 2 is 2.46 bits per heavy atom. The van der Waals surface area contributed by atoms with E-state index in [-0.39, 0.29) is 5.91 Å². The number of nitrogens with zero attached hydrogens (tertiary/aromatic N) is 2. The van der Waals surface area contributed by atoms with Gasteiger partial charge in [-0.3, -0.25) is 4.79 Å². The predicted molar refractivity (Wildman–Crippen MR) is 57.5 cm³/mol. The van der Waals surface area contributed by atoms with Gasteiger partial charge in [0.15, 0.2) is 0 Å². The summed E-state index contributed by atoms with van der Waals surface area (Å²) in [6, 6.07) is 0. The quantitative estimate of drug-likeness (QED) is 0.713. The molecule has 1 aromatic heterocycles. The van der Waals surface area contributed by atoms with Gasteiger partial charge in [-0.15, -0.1) is 11.3 Å². The van der Waals surface area contributed by atoms with Crippen molar-refractivity contribution in [2.24, 2.45) is 0 Å². The number of hydrogen-bond acceptors (Lipinski definition) is 4. The fourth-order valence-corrected chi connectivity index (χ4v) is 1.87. The Bertz CT molecular complexity index is 320. The fourth-order valence-electron chi connectivity index (χ4n) is 0.877. The number of amides is 1. The second-order valence-corrected chi connectivity index (χ2v) is 3.97. The third kappa shape index (κ3) is 2.32. The average molecular weight is 214 g/mol. The maximum absolute atomic E-state index is 11.5. The van der Waals surface area contributed by atoms with E-state index in [2.05, 4.69) is 4.98 Å². The zero-order valence-corrected chi connectivity index (χ0v) is 9.11. The van der Waals surface area contributed by atoms with Crippen molar-refractivity contribution in [3.05, 3.63) is 16.1 Å². The maximum atomic E-state index is 11.5. The molecule has 0 bridgehead atoms. The lowest BCUT2D eigenvalue weighted by Crippen LogP contribution is -2.23. The number of thiazole rings is 1. The summed E-state index contributed by atoms with van der Waals surface area (Å²) in [4.78, 5) is 18.0. The molecular weight excluding hydrogens is 204 g/mol. The molecule has 0 fully saturated rings. The molecule has 0 N–H and O–H groups in total. The van der Waals surface area contributed by atoms with Crippen molar-refractivity contribution < 1.29 is 4.79 Å². The van der Waals surface area contributed by atoms with Gasteiger partial charge >= 0.3 is 0 Å². The summed E-state index contributed by atoms with van der Waals surface area (Å²) < 4.78 is 0. The zero-order valence-electron chi connectivity index (χ0n) is 7.48. The van der Waals surface area contributed by atoms with E-state index in [1.807, 2.05) is 0 Å². The summed E-state index contributed by atoms with van der Waals surface area (Å²) in [5, 5.41) is 1.61. The zero-order chi connectivity index (χ0) is 9.84. The molecule has 0 radical (unpaired) electrons. The lowest BCUT2D eigenvalue weighted by atomic mass is 10.3. The van der Waals surface area contributed by atoms with Crippen molar-refractivity contribution >= 4 is 34.8 Å². The number of carbonyl (C=O) groups excluding carboxylic acids is 1. The molecule has 1 rings (SSSR count). The van der Waals surface area contributed by atoms with Gasteiger partial charge in [0.05, 0.1) is 5.51 Å². The first-order chi connectivity index (χ1) is 6.16. The van der Waals surface area contributed by atoms with Crippen LogP contribution < -0.4 is 0 Å². The van der Waals surface area contributed by atoms with Crippen LogP contribution in [0.25, 0.3) is 0 Å². The fraction of sp³-hybridized carbons (Fsp3) is 0.375. The minimum Gasteiger partial charge on any atom is -0.343 e. The van der Waals surface area contributed by atoms with Crippen LogP contribution in [-0.4, -0.2) is 35.3 Å². The third-order valence-electron chi connectivity index (χ3n) is 1.52. The molecule has 0 aliphatic heterocycles. The molecule has 1 amide bonds. The van der Waals surface area contributed by atoms with E-state index >= 15 is 0 Å². The molecule has 5 heteroatoms. The van der Waals surface area contributed by atoms with E-state index in [0.29, 0.717) is 12.1 Å². The van der Waals surface area contributed by atoms with E-state index in [4.69, 9.17) is 12.2 Å². The van der Waals surface area contributed by atoms with E-state index in [0.717, 1.165) is 4.88 Å². The summed E-state index contributed by atoms with van der Waals surface area (Å²) in [5.74, 6) is -0.0619. The molecule has 0 aliphatic carbocycles. The standard InChI is InChI=1S/C8H10N2OS2/c1-10(2)8(11)7-6(3-4-12)13-5-9-7/h4-5H,3H2,1-2H3. The van der Waals surface area contributed by atoms with Gasteiger partial charge in [-0.2, -0.15) is 0 Å². The highest BCUT2D eigenvalue weighted by Gasteiger charge is 2.15. The molecule has 0 unspecified atom stereocenters. The van der Waals surface area contributed by atoms with Crippen LogP contribution in [0.5, 0.6) is 0 Å². The largest absolute Gasteiger partial charge is 0.343 e. The summed E-state index contributed by atoms with van der Waals surface area (Å²) in [6.45, 7) is 0. The van der Waals surface area contributed by atoms with E-state index in [9.17, 15) is 4.79 Å². The Balaban J connectivity index is 2.93. The summed E-state index contributed by atoms with van der Waals surface area (Å²) in [5.41, 5.74) is 2.20. The van der Waals surface area contributed by atoms with Crippen LogP contribution in [0, 0.1) is 0 Å². The highest BCUT2D eigenvalue weighted by molar-refractivity contribution is 7.79. The van der Waals surface area contributed by atoms with E-state index in [1.165, 1.54) is 16.2 Å². The van der Waals surface area contributed by atoms with Gasteiger partial charge < -0.3 is 4.90 Å². The first kappa shape index (κ1) is 10.3. The molecule has 0 aliphatic rings. The maximum Gasteiger partial charge on any atom is 0.273 e. The van der Waals surface area contributed by atoms with Crippen LogP contribution in [0.15, 0.2) is 5.51 Å². The number of hydrogen-bond donors (Lipinski definition) is 0. The molecule has 1 aromatic rings. The minimum absolute atomic E-state index is 0.0619. The topological polar surface area (TPSA) is 33.2 Å². The van der Waals surface area contributed by atoms with Gasteiger partial charge in [-0.1, -0.05) is 12.2 Å². The van der Waals surface area contributed by atoms with Crippen molar-refractivity contribution in [2.75, 3.05) is 14.1 Å². The van der Waals surface area contributed by atoms with Gasteiger partial charge in [0.2, 0.25) is 0 Å². The Hall–Kier alpha value is -0.810. The molecule has 0 spiro atoms. The Morgan fingerprint density at radius 1 is 1.77 bits per heavy atom. The van der Waals surface area contributed by atoms with Crippen LogP contribution in [0.2, 0.25) is 0 Å². The highest BCUT2D eigenvalue weighted by Crippen LogP contribution is 2.14. The monoisotopic (exact) mass is 214 g/mol. The molecule has 0 atom stereocenters. The van der Waals surface area contributed by atoms with Gasteiger partial charge in [0, 0.05) is 25.4 Å². The highest BCUT2D eigenvalue weighted by atomic mass is 32.1. The molecule has 0 saturated heterocycles. The van der Waals surface area contributed by atoms with Crippen molar-refractivity contribution in [1.29, 1.82) is 0 Å². The number of carbonyl (C=O) groups is 1. The van der Waals surface area contributed by atoms with Crippen molar-refractivity contribution in [3.8, 4) is 0 Å². The molecule has 3 nitrogen and oxygen atoms in total. The first-order valence-electron chi connectivity index (χ1n) is 3.74. The van der Waals surface area contributed by atoms with Gasteiger partial charge in [0.25, 0.3) is 5.91 Å². The first-order valence-corrected chi connectivity index (χ1v) is 5.09. The van der Waals surface area contributed by atoms with Crippen LogP contribution in [0.4, 0.5) is 0 Å². The minimum atomic E-state index is -0.0619. The van der Waals surface area contributed by atoms with Gasteiger partial charge in [-0.05, 0) is 5.37 Å². The third-order valence-corrected chi connectivity index (χ3v) is 2.54. The molecular formula is C8H10N2OS2. The van der Waals surface area contributed by atoms with Crippen molar-refractivity contribution in [1.82, 2.24) is 9.88 Å². The van der Waals surface area contributed by atoms with Crippen LogP contribution in [0.3, 0.4) is 0 Å². The van der Waals surface area contributed by atoms with Gasteiger partial charge in [0.1, 0.15) is 5.69 Å². The smallest absolute Gasteiger partial charge is 0.273 e. The normalized spacial score (nSPS) is 9.69. The van der Waals surface area contributed by atoms with Gasteiger partial charge in [-0.25, -0.2) is 4.98 Å². The lowest BCUT2D eigenvalue weighted by Gasteiger charge is -2.08. The number of aromatic nitrogens is 1. The molecule has 13 heavy (non-hydrogen) atoms. The summed E-state index contributed by atoms with van der Waals surface area (Å²) in [6.07, 6.45) is 0.634. The number of thiocarbonyl (C=S) groups is 1. The Labute approximate surface area is 86.4 Å². The average Bonchev–Trinajstić information content (AvgIpc) is 2.52. The summed E-state index contributed by atoms with van der Waals surface area (Å²) in [7, 11) is 3.42. The second-order valence-electron chi connectivity index (χ2n) is 2.69. The SMILES string of the molecule is CN(C)C(=O)c1ncsc1CC=S. The van der Waals surface area contributed by atoms with E-state index in [1.54, 1.807) is 25.0 Å². The van der Waals surface area contributed by atoms with Crippen molar-refractivity contribution in [2.45, 2.75) is 6.42 Å². The molecule has 70 valence electrons. The lowest BCUT2D eigenvalue weighted by molar-refractivity contribution is 0.0822. The number of rotatable bonds is 3. The van der Waals surface area contributed by atoms with Crippen molar-refractivity contribution in [3.63, 3.8) is 0 Å².